The van der Waals surface area contributed by atoms with Gasteiger partial charge in [-0.3, -0.25) is 4.79 Å². The summed E-state index contributed by atoms with van der Waals surface area (Å²) in [4.78, 5) is 16.8. The SMILES string of the molecule is COC(CNC(=O)c1csc(Cc2ccccc2)n1)c1ccccc1. The van der Waals surface area contributed by atoms with Crippen molar-refractivity contribution in [1.82, 2.24) is 10.3 Å². The second-order valence-corrected chi connectivity index (χ2v) is 6.58. The largest absolute Gasteiger partial charge is 0.375 e. The monoisotopic (exact) mass is 352 g/mol. The Morgan fingerprint density at radius 2 is 1.80 bits per heavy atom. The molecule has 1 amide bonds. The van der Waals surface area contributed by atoms with Gasteiger partial charge in [-0.15, -0.1) is 11.3 Å². The third-order valence-electron chi connectivity index (χ3n) is 3.89. The number of hydrogen-bond acceptors (Lipinski definition) is 4. The van der Waals surface area contributed by atoms with Crippen LogP contribution in [-0.2, 0) is 11.2 Å². The van der Waals surface area contributed by atoms with Gasteiger partial charge in [0, 0.05) is 25.5 Å². The molecule has 5 heteroatoms. The van der Waals surface area contributed by atoms with E-state index >= 15 is 0 Å². The zero-order valence-electron chi connectivity index (χ0n) is 14.0. The molecule has 0 aliphatic rings. The van der Waals surface area contributed by atoms with Gasteiger partial charge < -0.3 is 10.1 Å². The number of benzene rings is 2. The van der Waals surface area contributed by atoms with E-state index in [4.69, 9.17) is 4.74 Å². The number of methoxy groups -OCH3 is 1. The highest BCUT2D eigenvalue weighted by atomic mass is 32.1. The molecule has 0 fully saturated rings. The first kappa shape index (κ1) is 17.3. The molecule has 3 rings (SSSR count). The quantitative estimate of drug-likeness (QED) is 0.703. The topological polar surface area (TPSA) is 51.2 Å². The molecule has 0 saturated carbocycles. The number of nitrogens with zero attached hydrogens (tertiary/aromatic N) is 1. The molecule has 0 aliphatic heterocycles. The molecule has 0 spiro atoms. The zero-order valence-corrected chi connectivity index (χ0v) is 14.8. The molecule has 2 aromatic carbocycles. The Hall–Kier alpha value is -2.50. The Balaban J connectivity index is 1.58. The smallest absolute Gasteiger partial charge is 0.270 e. The summed E-state index contributed by atoms with van der Waals surface area (Å²) < 4.78 is 5.47. The summed E-state index contributed by atoms with van der Waals surface area (Å²) in [6.07, 6.45) is 0.566. The number of aromatic nitrogens is 1. The van der Waals surface area contributed by atoms with Gasteiger partial charge in [-0.2, -0.15) is 0 Å². The van der Waals surface area contributed by atoms with E-state index in [1.54, 1.807) is 12.5 Å². The highest BCUT2D eigenvalue weighted by molar-refractivity contribution is 7.09. The average Bonchev–Trinajstić information content (AvgIpc) is 3.12. The van der Waals surface area contributed by atoms with Crippen molar-refractivity contribution in [1.29, 1.82) is 0 Å². The normalized spacial score (nSPS) is 11.9. The van der Waals surface area contributed by atoms with Crippen LogP contribution in [0.1, 0.15) is 32.7 Å². The van der Waals surface area contributed by atoms with Gasteiger partial charge in [-0.1, -0.05) is 60.7 Å². The van der Waals surface area contributed by atoms with Crippen LogP contribution < -0.4 is 5.32 Å². The van der Waals surface area contributed by atoms with E-state index in [1.807, 2.05) is 48.5 Å². The number of thiazole rings is 1. The second-order valence-electron chi connectivity index (χ2n) is 5.63. The Morgan fingerprint density at radius 3 is 2.48 bits per heavy atom. The number of carbonyl (C=O) groups excluding carboxylic acids is 1. The Bertz CT molecular complexity index is 803. The summed E-state index contributed by atoms with van der Waals surface area (Å²) in [6, 6.07) is 20.0. The summed E-state index contributed by atoms with van der Waals surface area (Å²) in [7, 11) is 1.64. The van der Waals surface area contributed by atoms with Gasteiger partial charge in [0.1, 0.15) is 5.69 Å². The van der Waals surface area contributed by atoms with E-state index in [9.17, 15) is 4.79 Å². The number of carbonyl (C=O) groups is 1. The number of nitrogens with one attached hydrogen (secondary N) is 1. The molecule has 0 radical (unpaired) electrons. The lowest BCUT2D eigenvalue weighted by atomic mass is 10.1. The van der Waals surface area contributed by atoms with Crippen molar-refractivity contribution in [2.24, 2.45) is 0 Å². The maximum atomic E-state index is 12.3. The van der Waals surface area contributed by atoms with Crippen LogP contribution in [0.15, 0.2) is 66.0 Å². The molecular weight excluding hydrogens is 332 g/mol. The lowest BCUT2D eigenvalue weighted by molar-refractivity contribution is 0.0824. The first-order valence-corrected chi connectivity index (χ1v) is 8.98. The summed E-state index contributed by atoms with van der Waals surface area (Å²) in [5.41, 5.74) is 2.68. The minimum atomic E-state index is -0.174. The van der Waals surface area contributed by atoms with Crippen LogP contribution in [0.4, 0.5) is 0 Å². The molecule has 1 N–H and O–H groups in total. The molecule has 3 aromatic rings. The van der Waals surface area contributed by atoms with Gasteiger partial charge in [0.15, 0.2) is 0 Å². The fraction of sp³-hybridized carbons (Fsp3) is 0.200. The van der Waals surface area contributed by atoms with E-state index in [-0.39, 0.29) is 12.0 Å². The number of hydrogen-bond donors (Lipinski definition) is 1. The van der Waals surface area contributed by atoms with E-state index in [0.29, 0.717) is 12.2 Å². The molecule has 0 aliphatic carbocycles. The van der Waals surface area contributed by atoms with Crippen LogP contribution in [0.25, 0.3) is 0 Å². The van der Waals surface area contributed by atoms with Gasteiger partial charge in [0.2, 0.25) is 0 Å². The molecule has 1 unspecified atom stereocenters. The molecule has 1 aromatic heterocycles. The van der Waals surface area contributed by atoms with Gasteiger partial charge >= 0.3 is 0 Å². The predicted octanol–water partition coefficient (Wildman–Crippen LogP) is 3.85. The first-order chi connectivity index (χ1) is 12.3. The third-order valence-corrected chi connectivity index (χ3v) is 4.74. The molecular formula is C20H20N2O2S. The van der Waals surface area contributed by atoms with Crippen molar-refractivity contribution in [2.75, 3.05) is 13.7 Å². The maximum absolute atomic E-state index is 12.3. The fourth-order valence-corrected chi connectivity index (χ4v) is 3.36. The van der Waals surface area contributed by atoms with E-state index in [2.05, 4.69) is 22.4 Å². The van der Waals surface area contributed by atoms with Crippen LogP contribution in [0.3, 0.4) is 0 Å². The Kier molecular flexibility index (Phi) is 5.93. The van der Waals surface area contributed by atoms with Gasteiger partial charge in [0.25, 0.3) is 5.91 Å². The summed E-state index contributed by atoms with van der Waals surface area (Å²) >= 11 is 1.51. The maximum Gasteiger partial charge on any atom is 0.270 e. The molecule has 4 nitrogen and oxygen atoms in total. The number of ether oxygens (including phenoxy) is 1. The van der Waals surface area contributed by atoms with Crippen molar-refractivity contribution < 1.29 is 9.53 Å². The lowest BCUT2D eigenvalue weighted by Crippen LogP contribution is -2.29. The Morgan fingerprint density at radius 1 is 1.12 bits per heavy atom. The van der Waals surface area contributed by atoms with Gasteiger partial charge in [0.05, 0.1) is 11.1 Å². The lowest BCUT2D eigenvalue weighted by Gasteiger charge is -2.16. The van der Waals surface area contributed by atoms with Crippen molar-refractivity contribution in [3.63, 3.8) is 0 Å². The van der Waals surface area contributed by atoms with E-state index in [1.165, 1.54) is 16.9 Å². The third kappa shape index (κ3) is 4.75. The summed E-state index contributed by atoms with van der Waals surface area (Å²) in [6.45, 7) is 0.408. The Labute approximate surface area is 151 Å². The van der Waals surface area contributed by atoms with Crippen LogP contribution in [0.2, 0.25) is 0 Å². The van der Waals surface area contributed by atoms with E-state index < -0.39 is 0 Å². The number of amides is 1. The zero-order chi connectivity index (χ0) is 17.5. The van der Waals surface area contributed by atoms with Gasteiger partial charge in [-0.25, -0.2) is 4.98 Å². The number of rotatable bonds is 7. The highest BCUT2D eigenvalue weighted by Gasteiger charge is 2.15. The van der Waals surface area contributed by atoms with E-state index in [0.717, 1.165) is 17.0 Å². The summed E-state index contributed by atoms with van der Waals surface area (Å²) in [5, 5.41) is 5.64. The standard InChI is InChI=1S/C20H20N2O2S/c1-24-18(16-10-6-3-7-11-16)13-21-20(23)17-14-25-19(22-17)12-15-8-4-2-5-9-15/h2-11,14,18H,12-13H2,1H3,(H,21,23). The van der Waals surface area contributed by atoms with Crippen LogP contribution >= 0.6 is 11.3 Å². The minimum Gasteiger partial charge on any atom is -0.375 e. The van der Waals surface area contributed by atoms with Gasteiger partial charge in [-0.05, 0) is 11.1 Å². The van der Waals surface area contributed by atoms with Crippen molar-refractivity contribution in [2.45, 2.75) is 12.5 Å². The molecule has 0 bridgehead atoms. The van der Waals surface area contributed by atoms with Crippen molar-refractivity contribution in [3.8, 4) is 0 Å². The molecule has 128 valence electrons. The second kappa shape index (κ2) is 8.55. The molecule has 25 heavy (non-hydrogen) atoms. The predicted molar refractivity (Wildman–Crippen MR) is 99.9 cm³/mol. The molecule has 1 atom stereocenters. The summed E-state index contributed by atoms with van der Waals surface area (Å²) in [5.74, 6) is -0.173. The van der Waals surface area contributed by atoms with Crippen LogP contribution in [-0.4, -0.2) is 24.5 Å². The average molecular weight is 352 g/mol. The minimum absolute atomic E-state index is 0.173. The van der Waals surface area contributed by atoms with Crippen molar-refractivity contribution >= 4 is 17.2 Å². The van der Waals surface area contributed by atoms with Crippen LogP contribution in [0.5, 0.6) is 0 Å². The van der Waals surface area contributed by atoms with Crippen molar-refractivity contribution in [3.05, 3.63) is 87.9 Å². The fourth-order valence-electron chi connectivity index (χ4n) is 2.55. The first-order valence-electron chi connectivity index (χ1n) is 8.10. The molecule has 1 heterocycles. The van der Waals surface area contributed by atoms with Crippen LogP contribution in [0, 0.1) is 0 Å². The molecule has 0 saturated heterocycles. The highest BCUT2D eigenvalue weighted by Crippen LogP contribution is 2.17.